The van der Waals surface area contributed by atoms with Gasteiger partial charge in [-0.2, -0.15) is 0 Å². The van der Waals surface area contributed by atoms with Crippen LogP contribution in [0.5, 0.6) is 0 Å². The van der Waals surface area contributed by atoms with Crippen LogP contribution in [0.25, 0.3) is 0 Å². The molecule has 2 nitrogen and oxygen atoms in total. The zero-order valence-electron chi connectivity index (χ0n) is 7.83. The Labute approximate surface area is 91.7 Å². The average Bonchev–Trinajstić information content (AvgIpc) is 2.14. The van der Waals surface area contributed by atoms with E-state index in [0.717, 1.165) is 34.9 Å². The molecule has 1 fully saturated rings. The Morgan fingerprint density at radius 2 is 2.07 bits per heavy atom. The van der Waals surface area contributed by atoms with Gasteiger partial charge in [-0.1, -0.05) is 22.0 Å². The van der Waals surface area contributed by atoms with E-state index in [1.54, 1.807) is 0 Å². The van der Waals surface area contributed by atoms with Gasteiger partial charge in [-0.05, 0) is 42.5 Å². The molecule has 0 radical (unpaired) electrons. The van der Waals surface area contributed by atoms with Gasteiger partial charge in [0.2, 0.25) is 0 Å². The summed E-state index contributed by atoms with van der Waals surface area (Å²) in [6.45, 7) is -0.00900. The van der Waals surface area contributed by atoms with Crippen molar-refractivity contribution in [1.82, 2.24) is 0 Å². The van der Waals surface area contributed by atoms with Crippen molar-refractivity contribution < 1.29 is 10.2 Å². The van der Waals surface area contributed by atoms with Gasteiger partial charge in [-0.25, -0.2) is 0 Å². The number of benzene rings is 1. The molecule has 2 rings (SSSR count). The highest BCUT2D eigenvalue weighted by molar-refractivity contribution is 9.10. The first-order chi connectivity index (χ1) is 6.65. The SMILES string of the molecule is OCc1ccc(Br)cc1C1(O)CCC1. The summed E-state index contributed by atoms with van der Waals surface area (Å²) >= 11 is 3.38. The number of hydrogen-bond donors (Lipinski definition) is 2. The number of halogens is 1. The van der Waals surface area contributed by atoms with Crippen LogP contribution in [-0.2, 0) is 12.2 Å². The number of aliphatic hydroxyl groups excluding tert-OH is 1. The van der Waals surface area contributed by atoms with E-state index >= 15 is 0 Å². The minimum absolute atomic E-state index is 0.00900. The molecule has 0 atom stereocenters. The van der Waals surface area contributed by atoms with Crippen LogP contribution in [0.3, 0.4) is 0 Å². The van der Waals surface area contributed by atoms with Gasteiger partial charge in [-0.3, -0.25) is 0 Å². The van der Waals surface area contributed by atoms with Gasteiger partial charge in [0.05, 0.1) is 12.2 Å². The zero-order valence-corrected chi connectivity index (χ0v) is 9.42. The van der Waals surface area contributed by atoms with Crippen LogP contribution < -0.4 is 0 Å². The molecule has 0 bridgehead atoms. The monoisotopic (exact) mass is 256 g/mol. The summed E-state index contributed by atoms with van der Waals surface area (Å²) in [6.07, 6.45) is 2.67. The zero-order chi connectivity index (χ0) is 10.2. The van der Waals surface area contributed by atoms with Gasteiger partial charge >= 0.3 is 0 Å². The predicted molar refractivity (Wildman–Crippen MR) is 57.8 cm³/mol. The summed E-state index contributed by atoms with van der Waals surface area (Å²) < 4.78 is 0.949. The molecule has 0 heterocycles. The van der Waals surface area contributed by atoms with Crippen molar-refractivity contribution in [2.75, 3.05) is 0 Å². The van der Waals surface area contributed by atoms with Gasteiger partial charge in [0.25, 0.3) is 0 Å². The molecular formula is C11H13BrO2. The standard InChI is InChI=1S/C11H13BrO2/c12-9-3-2-8(7-13)10(6-9)11(14)4-1-5-11/h2-3,6,13-14H,1,4-5,7H2. The van der Waals surface area contributed by atoms with Crippen LogP contribution >= 0.6 is 15.9 Å². The van der Waals surface area contributed by atoms with Crippen molar-refractivity contribution in [2.45, 2.75) is 31.5 Å². The van der Waals surface area contributed by atoms with E-state index in [9.17, 15) is 5.11 Å². The summed E-state index contributed by atoms with van der Waals surface area (Å²) in [4.78, 5) is 0. The third-order valence-electron chi connectivity index (χ3n) is 2.92. The molecule has 1 aliphatic rings. The van der Waals surface area contributed by atoms with Crippen LogP contribution in [0.2, 0.25) is 0 Å². The van der Waals surface area contributed by atoms with Gasteiger partial charge in [0, 0.05) is 4.47 Å². The molecule has 2 N–H and O–H groups in total. The lowest BCUT2D eigenvalue weighted by Crippen LogP contribution is -2.34. The lowest BCUT2D eigenvalue weighted by molar-refractivity contribution is -0.0402. The second-order valence-electron chi connectivity index (χ2n) is 3.84. The summed E-state index contributed by atoms with van der Waals surface area (Å²) in [5, 5.41) is 19.4. The van der Waals surface area contributed by atoms with Gasteiger partial charge in [0.15, 0.2) is 0 Å². The summed E-state index contributed by atoms with van der Waals surface area (Å²) in [6, 6.07) is 5.65. The summed E-state index contributed by atoms with van der Waals surface area (Å²) in [7, 11) is 0. The van der Waals surface area contributed by atoms with Crippen molar-refractivity contribution in [2.24, 2.45) is 0 Å². The highest BCUT2D eigenvalue weighted by atomic mass is 79.9. The third kappa shape index (κ3) is 1.60. The maximum absolute atomic E-state index is 10.2. The van der Waals surface area contributed by atoms with Gasteiger partial charge < -0.3 is 10.2 Å². The topological polar surface area (TPSA) is 40.5 Å². The van der Waals surface area contributed by atoms with Gasteiger partial charge in [0.1, 0.15) is 0 Å². The first-order valence-electron chi connectivity index (χ1n) is 4.78. The van der Waals surface area contributed by atoms with Crippen LogP contribution in [0.1, 0.15) is 30.4 Å². The molecule has 1 aliphatic carbocycles. The van der Waals surface area contributed by atoms with Crippen molar-refractivity contribution in [1.29, 1.82) is 0 Å². The third-order valence-corrected chi connectivity index (χ3v) is 3.42. The minimum atomic E-state index is -0.693. The van der Waals surface area contributed by atoms with Crippen LogP contribution in [0, 0.1) is 0 Å². The van der Waals surface area contributed by atoms with E-state index < -0.39 is 5.60 Å². The molecule has 0 saturated heterocycles. The maximum Gasteiger partial charge on any atom is 0.0900 e. The molecule has 0 aliphatic heterocycles. The first kappa shape index (κ1) is 10.1. The van der Waals surface area contributed by atoms with Gasteiger partial charge in [-0.15, -0.1) is 0 Å². The molecule has 0 unspecified atom stereocenters. The van der Waals surface area contributed by atoms with Crippen molar-refractivity contribution in [3.05, 3.63) is 33.8 Å². The largest absolute Gasteiger partial charge is 0.392 e. The fourth-order valence-corrected chi connectivity index (χ4v) is 2.26. The van der Waals surface area contributed by atoms with E-state index in [0.29, 0.717) is 0 Å². The molecule has 0 amide bonds. The normalized spacial score (nSPS) is 19.1. The Morgan fingerprint density at radius 1 is 1.36 bits per heavy atom. The van der Waals surface area contributed by atoms with E-state index in [2.05, 4.69) is 15.9 Å². The molecule has 76 valence electrons. The predicted octanol–water partition coefficient (Wildman–Crippen LogP) is 2.31. The molecule has 0 aromatic heterocycles. The fraction of sp³-hybridized carbons (Fsp3) is 0.455. The van der Waals surface area contributed by atoms with E-state index in [4.69, 9.17) is 5.11 Å². The Kier molecular flexibility index (Phi) is 2.64. The second kappa shape index (κ2) is 3.65. The molecule has 1 aromatic rings. The smallest absolute Gasteiger partial charge is 0.0900 e. The second-order valence-corrected chi connectivity index (χ2v) is 4.76. The van der Waals surface area contributed by atoms with E-state index in [1.165, 1.54) is 0 Å². The highest BCUT2D eigenvalue weighted by Crippen LogP contribution is 2.43. The molecular weight excluding hydrogens is 244 g/mol. The van der Waals surface area contributed by atoms with Crippen molar-refractivity contribution in [3.8, 4) is 0 Å². The fourth-order valence-electron chi connectivity index (χ4n) is 1.90. The first-order valence-corrected chi connectivity index (χ1v) is 5.57. The summed E-state index contributed by atoms with van der Waals surface area (Å²) in [5.74, 6) is 0. The van der Waals surface area contributed by atoms with E-state index in [-0.39, 0.29) is 6.61 Å². The molecule has 1 aromatic carbocycles. The van der Waals surface area contributed by atoms with Crippen LogP contribution in [0.4, 0.5) is 0 Å². The molecule has 0 spiro atoms. The maximum atomic E-state index is 10.2. The summed E-state index contributed by atoms with van der Waals surface area (Å²) in [5.41, 5.74) is 1.01. The Bertz CT molecular complexity index is 345. The Hall–Kier alpha value is -0.380. The highest BCUT2D eigenvalue weighted by Gasteiger charge is 2.37. The van der Waals surface area contributed by atoms with Crippen molar-refractivity contribution >= 4 is 15.9 Å². The Morgan fingerprint density at radius 3 is 2.57 bits per heavy atom. The Balaban J connectivity index is 2.43. The molecule has 3 heteroatoms. The number of aliphatic hydroxyl groups is 2. The van der Waals surface area contributed by atoms with Crippen LogP contribution in [0.15, 0.2) is 22.7 Å². The lowest BCUT2D eigenvalue weighted by atomic mass is 9.73. The van der Waals surface area contributed by atoms with Crippen LogP contribution in [-0.4, -0.2) is 10.2 Å². The van der Waals surface area contributed by atoms with E-state index in [1.807, 2.05) is 18.2 Å². The number of rotatable bonds is 2. The minimum Gasteiger partial charge on any atom is -0.392 e. The average molecular weight is 257 g/mol. The van der Waals surface area contributed by atoms with Crippen molar-refractivity contribution in [3.63, 3.8) is 0 Å². The lowest BCUT2D eigenvalue weighted by Gasteiger charge is -2.38. The molecule has 1 saturated carbocycles. The number of hydrogen-bond acceptors (Lipinski definition) is 2. The quantitative estimate of drug-likeness (QED) is 0.853. The molecule has 14 heavy (non-hydrogen) atoms.